The number of carbonyl (C=O) groups is 4. The first-order valence-corrected chi connectivity index (χ1v) is 18.3. The average molecular weight is 766 g/mol. The third-order valence-corrected chi connectivity index (χ3v) is 10.9. The van der Waals surface area contributed by atoms with Gasteiger partial charge in [0.1, 0.15) is 40.7 Å². The highest BCUT2D eigenvalue weighted by Gasteiger charge is 2.64. The lowest BCUT2D eigenvalue weighted by atomic mass is 9.83. The van der Waals surface area contributed by atoms with Crippen LogP contribution < -0.4 is 15.0 Å². The zero-order valence-electron chi connectivity index (χ0n) is 31.3. The fourth-order valence-corrected chi connectivity index (χ4v) is 7.17. The summed E-state index contributed by atoms with van der Waals surface area (Å²) in [5.41, 5.74) is -0.906. The summed E-state index contributed by atoms with van der Waals surface area (Å²) in [4.78, 5) is 56.2. The van der Waals surface area contributed by atoms with E-state index in [1.807, 2.05) is 19.9 Å². The number of epoxide rings is 1. The molecule has 0 radical (unpaired) electrons. The third-order valence-electron chi connectivity index (χ3n) is 10.3. The van der Waals surface area contributed by atoms with E-state index in [9.17, 15) is 24.3 Å². The van der Waals surface area contributed by atoms with Crippen molar-refractivity contribution in [2.75, 3.05) is 33.2 Å². The van der Waals surface area contributed by atoms with Gasteiger partial charge in [-0.2, -0.15) is 12.6 Å². The molecule has 2 N–H and O–H groups in total. The van der Waals surface area contributed by atoms with E-state index in [1.165, 1.54) is 31.1 Å². The molecule has 15 heteroatoms. The quantitative estimate of drug-likeness (QED) is 0.194. The molecule has 0 saturated carbocycles. The van der Waals surface area contributed by atoms with Crippen molar-refractivity contribution in [1.29, 1.82) is 0 Å². The first-order chi connectivity index (χ1) is 24.3. The fraction of sp³-hybridized carbons (Fsp3) is 0.622. The van der Waals surface area contributed by atoms with Crippen molar-refractivity contribution in [3.05, 3.63) is 46.5 Å². The van der Waals surface area contributed by atoms with E-state index in [1.54, 1.807) is 52.1 Å². The highest BCUT2D eigenvalue weighted by atomic mass is 35.5. The van der Waals surface area contributed by atoms with Crippen molar-refractivity contribution < 1.29 is 48.0 Å². The van der Waals surface area contributed by atoms with Gasteiger partial charge in [0.2, 0.25) is 11.8 Å². The van der Waals surface area contributed by atoms with Crippen LogP contribution in [-0.4, -0.2) is 109 Å². The third kappa shape index (κ3) is 9.25. The number of esters is 1. The Morgan fingerprint density at radius 2 is 1.94 bits per heavy atom. The van der Waals surface area contributed by atoms with Crippen molar-refractivity contribution in [3.63, 3.8) is 0 Å². The number of halogens is 1. The van der Waals surface area contributed by atoms with Crippen LogP contribution in [0.2, 0.25) is 5.02 Å². The van der Waals surface area contributed by atoms with Gasteiger partial charge < -0.3 is 38.6 Å². The zero-order valence-corrected chi connectivity index (χ0v) is 33.0. The molecule has 0 aromatic heterocycles. The summed E-state index contributed by atoms with van der Waals surface area (Å²) in [6.45, 7) is 8.88. The zero-order chi connectivity index (χ0) is 38.7. The van der Waals surface area contributed by atoms with E-state index >= 15 is 0 Å². The number of amides is 3. The number of carbonyl (C=O) groups excluding carboxylic acids is 4. The van der Waals surface area contributed by atoms with Crippen molar-refractivity contribution in [2.24, 2.45) is 5.92 Å². The number of fused-ring (bicyclic) bond motifs is 5. The number of allylic oxidation sites excluding steroid dienone is 3. The summed E-state index contributed by atoms with van der Waals surface area (Å²) < 4.78 is 29.2. The molecule has 3 aliphatic heterocycles. The summed E-state index contributed by atoms with van der Waals surface area (Å²) in [6, 6.07) is 2.61. The van der Waals surface area contributed by atoms with Crippen LogP contribution in [0.4, 0.5) is 10.5 Å². The molecule has 2 saturated heterocycles. The fourth-order valence-electron chi connectivity index (χ4n) is 6.73. The molecule has 288 valence electrons. The van der Waals surface area contributed by atoms with Crippen molar-refractivity contribution in [3.8, 4) is 5.75 Å². The summed E-state index contributed by atoms with van der Waals surface area (Å²) in [5.74, 6) is -1.56. The minimum atomic E-state index is -1.82. The van der Waals surface area contributed by atoms with Crippen LogP contribution in [-0.2, 0) is 39.8 Å². The number of alkyl carbamates (subject to hydrolysis) is 1. The molecule has 3 heterocycles. The normalized spacial score (nSPS) is 32.2. The van der Waals surface area contributed by atoms with Crippen LogP contribution in [0.15, 0.2) is 35.9 Å². The number of nitrogens with zero attached hydrogens (tertiary/aromatic N) is 2. The van der Waals surface area contributed by atoms with Gasteiger partial charge in [0.15, 0.2) is 5.72 Å². The monoisotopic (exact) mass is 765 g/mol. The molecule has 4 bridgehead atoms. The second kappa shape index (κ2) is 16.8. The second-order valence-electron chi connectivity index (χ2n) is 14.3. The molecule has 52 heavy (non-hydrogen) atoms. The molecule has 4 rings (SSSR count). The van der Waals surface area contributed by atoms with Gasteiger partial charge in [0.25, 0.3) is 0 Å². The van der Waals surface area contributed by atoms with Crippen LogP contribution in [0.3, 0.4) is 0 Å². The molecule has 13 nitrogen and oxygen atoms in total. The molecule has 0 spiro atoms. The van der Waals surface area contributed by atoms with Gasteiger partial charge in [0, 0.05) is 40.0 Å². The Labute approximate surface area is 316 Å². The standard InChI is InChI=1S/C37H52ClN3O10S/c1-20-11-10-12-28(48-9)37(46)19-27(49-35(45)39-37)22(3)33-36(5,51-33)29(50-34(44)23(4)40(6)30(42)14-13-21(2)52)18-31(43)41(7)25-16-24(15-20)17-26(47-8)32(25)38/h10-12,16-17,21-23,27-29,33,46,52H,13-15,18-19H2,1-9H3,(H,39,45)/b12-10+,20-11-. The number of hydrogen-bond acceptors (Lipinski definition) is 11. The Hall–Kier alpha value is -3.30. The molecule has 9 atom stereocenters. The highest BCUT2D eigenvalue weighted by molar-refractivity contribution is 7.80. The largest absolute Gasteiger partial charge is 0.495 e. The van der Waals surface area contributed by atoms with Crippen LogP contribution in [0.1, 0.15) is 65.9 Å². The SMILES string of the molecule is COc1cc2cc(c1Cl)N(C)C(=O)CC(OC(=O)C(C)N(C)C(=O)CCC(C)S)C1(C)OC1C(C)C1CC(O)(NC(=O)O1)C(OC)/C=C/C=C(/C)C2. The van der Waals surface area contributed by atoms with Gasteiger partial charge in [-0.05, 0) is 56.6 Å². The number of hydrogen-bond donors (Lipinski definition) is 3. The molecule has 2 fully saturated rings. The molecule has 1 aromatic rings. The van der Waals surface area contributed by atoms with E-state index in [0.717, 1.165) is 11.1 Å². The van der Waals surface area contributed by atoms with Crippen LogP contribution >= 0.6 is 24.2 Å². The number of aliphatic hydroxyl groups is 1. The number of rotatable bonds is 8. The van der Waals surface area contributed by atoms with Gasteiger partial charge in [-0.15, -0.1) is 0 Å². The van der Waals surface area contributed by atoms with E-state index in [4.69, 9.17) is 35.3 Å². The van der Waals surface area contributed by atoms with Gasteiger partial charge in [-0.1, -0.05) is 49.2 Å². The number of benzene rings is 1. The Bertz CT molecular complexity index is 1590. The summed E-state index contributed by atoms with van der Waals surface area (Å²) in [7, 11) is 6.02. The Morgan fingerprint density at radius 3 is 2.58 bits per heavy atom. The maximum atomic E-state index is 14.1. The number of likely N-dealkylation sites (N-methyl/N-ethyl adjacent to an activating group) is 1. The molecule has 1 aromatic carbocycles. The first kappa shape index (κ1) is 41.5. The van der Waals surface area contributed by atoms with Crippen molar-refractivity contribution >= 4 is 53.8 Å². The van der Waals surface area contributed by atoms with Gasteiger partial charge in [0.05, 0.1) is 25.3 Å². The highest BCUT2D eigenvalue weighted by Crippen LogP contribution is 2.49. The molecular weight excluding hydrogens is 714 g/mol. The lowest BCUT2D eigenvalue weighted by molar-refractivity contribution is -0.162. The van der Waals surface area contributed by atoms with E-state index < -0.39 is 65.7 Å². The number of anilines is 1. The smallest absolute Gasteiger partial charge is 0.409 e. The maximum absolute atomic E-state index is 14.1. The van der Waals surface area contributed by atoms with Crippen LogP contribution in [0.25, 0.3) is 0 Å². The van der Waals surface area contributed by atoms with E-state index in [2.05, 4.69) is 17.9 Å². The summed E-state index contributed by atoms with van der Waals surface area (Å²) in [6.07, 6.45) is 1.69. The molecule has 9 unspecified atom stereocenters. The average Bonchev–Trinajstić information content (AvgIpc) is 3.79. The van der Waals surface area contributed by atoms with Crippen molar-refractivity contribution in [2.45, 2.75) is 114 Å². The lowest BCUT2D eigenvalue weighted by Gasteiger charge is -2.42. The Morgan fingerprint density at radius 1 is 1.25 bits per heavy atom. The minimum absolute atomic E-state index is 0.00636. The minimum Gasteiger partial charge on any atom is -0.495 e. The number of nitrogens with one attached hydrogen (secondary N) is 1. The predicted octanol–water partition coefficient (Wildman–Crippen LogP) is 4.61. The first-order valence-electron chi connectivity index (χ1n) is 17.4. The van der Waals surface area contributed by atoms with Gasteiger partial charge >= 0.3 is 12.1 Å². The molecule has 0 aliphatic carbocycles. The maximum Gasteiger partial charge on any atom is 0.409 e. The second-order valence-corrected chi connectivity index (χ2v) is 15.6. The molecular formula is C37H52ClN3O10S. The Balaban J connectivity index is 1.75. The number of thiol groups is 1. The number of methoxy groups -OCH3 is 2. The molecule has 3 aliphatic rings. The van der Waals surface area contributed by atoms with Crippen LogP contribution in [0.5, 0.6) is 5.75 Å². The van der Waals surface area contributed by atoms with E-state index in [0.29, 0.717) is 24.3 Å². The lowest BCUT2D eigenvalue weighted by Crippen LogP contribution is -2.63. The predicted molar refractivity (Wildman–Crippen MR) is 199 cm³/mol. The Kier molecular flexibility index (Phi) is 13.4. The van der Waals surface area contributed by atoms with E-state index in [-0.39, 0.29) is 35.4 Å². The summed E-state index contributed by atoms with van der Waals surface area (Å²) >= 11 is 11.1. The van der Waals surface area contributed by atoms with Gasteiger partial charge in [-0.3, -0.25) is 14.9 Å². The van der Waals surface area contributed by atoms with Crippen LogP contribution in [0, 0.1) is 5.92 Å². The van der Waals surface area contributed by atoms with Gasteiger partial charge in [-0.25, -0.2) is 9.59 Å². The van der Waals surface area contributed by atoms with Crippen molar-refractivity contribution in [1.82, 2.24) is 10.2 Å². The summed E-state index contributed by atoms with van der Waals surface area (Å²) in [5, 5.41) is 14.5. The number of ether oxygens (including phenoxy) is 5. The topological polar surface area (TPSA) is 156 Å². The molecule has 3 amide bonds.